The Morgan fingerprint density at radius 3 is 2.38 bits per heavy atom. The molecule has 2 unspecified atom stereocenters. The third-order valence-electron chi connectivity index (χ3n) is 3.95. The molecule has 2 atom stereocenters. The van der Waals surface area contributed by atoms with Crippen molar-refractivity contribution in [2.45, 2.75) is 63.8 Å². The van der Waals surface area contributed by atoms with Crippen LogP contribution in [-0.4, -0.2) is 33.1 Å². The van der Waals surface area contributed by atoms with Gasteiger partial charge in [0.05, 0.1) is 6.10 Å². The van der Waals surface area contributed by atoms with Crippen LogP contribution in [0, 0.1) is 0 Å². The smallest absolute Gasteiger partial charge is 0.373 e. The Kier molecular flexibility index (Phi) is 3.74. The third-order valence-corrected chi connectivity index (χ3v) is 8.37. The normalized spacial score (nSPS) is 33.6. The van der Waals surface area contributed by atoms with E-state index in [0.717, 1.165) is 25.7 Å². The summed E-state index contributed by atoms with van der Waals surface area (Å²) in [5.74, 6) is 0. The van der Waals surface area contributed by atoms with Crippen molar-refractivity contribution in [2.75, 3.05) is 13.2 Å². The lowest BCUT2D eigenvalue weighted by Crippen LogP contribution is -2.57. The summed E-state index contributed by atoms with van der Waals surface area (Å²) in [4.78, 5) is 0. The topological polar surface area (TPSA) is 31.0 Å². The summed E-state index contributed by atoms with van der Waals surface area (Å²) < 4.78 is 18.2. The maximum atomic E-state index is 6.10. The van der Waals surface area contributed by atoms with Crippen molar-refractivity contribution in [1.29, 1.82) is 0 Å². The van der Waals surface area contributed by atoms with Gasteiger partial charge in [-0.2, -0.15) is 0 Å². The Bertz CT molecular complexity index is 240. The van der Waals surface area contributed by atoms with Crippen LogP contribution in [-0.2, 0) is 13.6 Å². The van der Waals surface area contributed by atoms with E-state index in [-0.39, 0.29) is 5.22 Å². The van der Waals surface area contributed by atoms with Crippen LogP contribution in [0.5, 0.6) is 0 Å². The highest BCUT2D eigenvalue weighted by atomic mass is 28.4. The van der Waals surface area contributed by atoms with Crippen LogP contribution in [0.15, 0.2) is 0 Å². The molecule has 2 rings (SSSR count). The molecule has 1 heterocycles. The zero-order chi connectivity index (χ0) is 11.6. The van der Waals surface area contributed by atoms with Gasteiger partial charge in [-0.1, -0.05) is 19.8 Å². The maximum absolute atomic E-state index is 6.10. The molecule has 0 N–H and O–H groups in total. The van der Waals surface area contributed by atoms with E-state index in [1.165, 1.54) is 19.3 Å². The summed E-state index contributed by atoms with van der Waals surface area (Å²) in [7, 11) is -2.14. The van der Waals surface area contributed by atoms with Gasteiger partial charge in [0, 0.05) is 13.2 Å². The van der Waals surface area contributed by atoms with Crippen molar-refractivity contribution in [3.05, 3.63) is 0 Å². The minimum absolute atomic E-state index is 0.00597. The van der Waals surface area contributed by atoms with Crippen molar-refractivity contribution in [2.24, 2.45) is 0 Å². The fourth-order valence-corrected chi connectivity index (χ4v) is 7.26. The minimum Gasteiger partial charge on any atom is -0.393 e. The highest BCUT2D eigenvalue weighted by molar-refractivity contribution is 6.71. The molecule has 4 heteroatoms. The second-order valence-electron chi connectivity index (χ2n) is 4.71. The van der Waals surface area contributed by atoms with Crippen molar-refractivity contribution in [1.82, 2.24) is 0 Å². The highest BCUT2D eigenvalue weighted by Gasteiger charge is 2.73. The molecule has 0 aromatic carbocycles. The Morgan fingerprint density at radius 2 is 1.88 bits per heavy atom. The zero-order valence-corrected chi connectivity index (χ0v) is 11.8. The number of hydrogen-bond acceptors (Lipinski definition) is 3. The monoisotopic (exact) mass is 244 g/mol. The minimum atomic E-state index is -2.14. The number of epoxide rings is 1. The van der Waals surface area contributed by atoms with Gasteiger partial charge in [-0.3, -0.25) is 0 Å². The van der Waals surface area contributed by atoms with Gasteiger partial charge in [0.15, 0.2) is 0 Å². The first-order valence-corrected chi connectivity index (χ1v) is 8.72. The number of fused-ring (bicyclic) bond motifs is 1. The molecule has 1 saturated heterocycles. The average Bonchev–Trinajstić information content (AvgIpc) is 3.04. The Balaban J connectivity index is 2.17. The molecule has 16 heavy (non-hydrogen) atoms. The average molecular weight is 244 g/mol. The molecular formula is C12H24O3Si. The molecule has 2 fully saturated rings. The Labute approximate surface area is 99.7 Å². The standard InChI is InChI=1S/C12H24O3Si/c1-4-13-16(6-3,14-5-2)12-10-8-7-9-11(12)15-12/h11H,4-10H2,1-3H3. The van der Waals surface area contributed by atoms with E-state index in [0.29, 0.717) is 6.10 Å². The molecule has 1 aliphatic heterocycles. The molecule has 0 spiro atoms. The first-order chi connectivity index (χ1) is 7.74. The Morgan fingerprint density at radius 1 is 1.19 bits per heavy atom. The summed E-state index contributed by atoms with van der Waals surface area (Å²) in [5, 5.41) is 0.00597. The molecule has 0 aromatic rings. The van der Waals surface area contributed by atoms with Crippen LogP contribution in [0.3, 0.4) is 0 Å². The largest absolute Gasteiger partial charge is 0.393 e. The molecule has 94 valence electrons. The first-order valence-electron chi connectivity index (χ1n) is 6.70. The van der Waals surface area contributed by atoms with Gasteiger partial charge < -0.3 is 13.6 Å². The fourth-order valence-electron chi connectivity index (χ4n) is 3.23. The van der Waals surface area contributed by atoms with Gasteiger partial charge in [0.1, 0.15) is 5.22 Å². The fraction of sp³-hybridized carbons (Fsp3) is 1.00. The third kappa shape index (κ3) is 1.76. The molecule has 1 aliphatic carbocycles. The van der Waals surface area contributed by atoms with Crippen molar-refractivity contribution < 1.29 is 13.6 Å². The second kappa shape index (κ2) is 4.76. The van der Waals surface area contributed by atoms with Crippen LogP contribution < -0.4 is 0 Å². The van der Waals surface area contributed by atoms with Gasteiger partial charge in [0.2, 0.25) is 0 Å². The van der Waals surface area contributed by atoms with E-state index >= 15 is 0 Å². The van der Waals surface area contributed by atoms with E-state index < -0.39 is 8.56 Å². The molecule has 1 saturated carbocycles. The van der Waals surface area contributed by atoms with E-state index in [2.05, 4.69) is 20.8 Å². The molecule has 2 aliphatic rings. The van der Waals surface area contributed by atoms with Crippen LogP contribution in [0.2, 0.25) is 6.04 Å². The molecule has 0 bridgehead atoms. The maximum Gasteiger partial charge on any atom is 0.373 e. The van der Waals surface area contributed by atoms with Gasteiger partial charge in [-0.15, -0.1) is 0 Å². The van der Waals surface area contributed by atoms with Crippen LogP contribution in [0.25, 0.3) is 0 Å². The predicted molar refractivity (Wildman–Crippen MR) is 65.6 cm³/mol. The Hall–Kier alpha value is 0.0969. The quantitative estimate of drug-likeness (QED) is 0.532. The van der Waals surface area contributed by atoms with E-state index in [1.54, 1.807) is 0 Å². The van der Waals surface area contributed by atoms with Gasteiger partial charge >= 0.3 is 8.56 Å². The van der Waals surface area contributed by atoms with Crippen molar-refractivity contribution in [3.8, 4) is 0 Å². The van der Waals surface area contributed by atoms with Gasteiger partial charge in [-0.25, -0.2) is 0 Å². The van der Waals surface area contributed by atoms with E-state index in [9.17, 15) is 0 Å². The highest BCUT2D eigenvalue weighted by Crippen LogP contribution is 2.55. The van der Waals surface area contributed by atoms with Crippen LogP contribution >= 0.6 is 0 Å². The predicted octanol–water partition coefficient (Wildman–Crippen LogP) is 2.77. The molecule has 3 nitrogen and oxygen atoms in total. The summed E-state index contributed by atoms with van der Waals surface area (Å²) >= 11 is 0. The van der Waals surface area contributed by atoms with Gasteiger partial charge in [-0.05, 0) is 32.7 Å². The van der Waals surface area contributed by atoms with E-state index in [1.807, 2.05) is 0 Å². The molecule has 0 radical (unpaired) electrons. The van der Waals surface area contributed by atoms with Crippen LogP contribution in [0.4, 0.5) is 0 Å². The molecule has 0 amide bonds. The van der Waals surface area contributed by atoms with Crippen molar-refractivity contribution >= 4 is 8.56 Å². The second-order valence-corrected chi connectivity index (χ2v) is 8.35. The molecular weight excluding hydrogens is 220 g/mol. The first kappa shape index (κ1) is 12.6. The lowest BCUT2D eigenvalue weighted by Gasteiger charge is -2.36. The summed E-state index contributed by atoms with van der Waals surface area (Å²) in [5.41, 5.74) is 0. The van der Waals surface area contributed by atoms with Crippen molar-refractivity contribution in [3.63, 3.8) is 0 Å². The van der Waals surface area contributed by atoms with E-state index in [4.69, 9.17) is 13.6 Å². The number of hydrogen-bond donors (Lipinski definition) is 0. The van der Waals surface area contributed by atoms with Gasteiger partial charge in [0.25, 0.3) is 0 Å². The zero-order valence-electron chi connectivity index (χ0n) is 10.8. The summed E-state index contributed by atoms with van der Waals surface area (Å²) in [6.45, 7) is 7.82. The van der Waals surface area contributed by atoms with Crippen LogP contribution in [0.1, 0.15) is 46.5 Å². The number of ether oxygens (including phenoxy) is 1. The molecule has 0 aromatic heterocycles. The summed E-state index contributed by atoms with van der Waals surface area (Å²) in [6.07, 6.45) is 5.36. The summed E-state index contributed by atoms with van der Waals surface area (Å²) in [6, 6.07) is 1.01. The lowest BCUT2D eigenvalue weighted by molar-refractivity contribution is 0.143. The lowest BCUT2D eigenvalue weighted by atomic mass is 10.0. The SMILES string of the molecule is CCO[Si](CC)(OCC)C12CCCCC1O2. The number of rotatable bonds is 6.